The van der Waals surface area contributed by atoms with Crippen molar-refractivity contribution in [3.05, 3.63) is 28.3 Å². The average Bonchev–Trinajstić information content (AvgIpc) is 1.97. The first-order valence-corrected chi connectivity index (χ1v) is 4.08. The lowest BCUT2D eigenvalue weighted by Gasteiger charge is -2.10. The molecule has 0 spiro atoms. The van der Waals surface area contributed by atoms with Crippen molar-refractivity contribution in [2.45, 2.75) is 27.7 Å². The molecule has 0 aliphatic carbocycles. The molecule has 0 saturated carbocycles. The number of hydrogen-bond donors (Lipinski definition) is 0. The molecule has 74 valence electrons. The van der Waals surface area contributed by atoms with Gasteiger partial charge in [-0.15, -0.1) is 0 Å². The summed E-state index contributed by atoms with van der Waals surface area (Å²) in [5, 5.41) is 0. The van der Waals surface area contributed by atoms with Crippen molar-refractivity contribution < 1.29 is 11.0 Å². The van der Waals surface area contributed by atoms with Crippen LogP contribution >= 0.6 is 0 Å². The molecule has 0 fully saturated rings. The molecule has 0 bridgehead atoms. The standard InChI is InChI=1S/C10H15B.2H2O/c1-6-5-7(2)9(4)10(11)8(6)3;;/h5H,11H2,1-4H3;2*1H2. The van der Waals surface area contributed by atoms with E-state index in [4.69, 9.17) is 0 Å². The largest absolute Gasteiger partial charge is 0.412 e. The van der Waals surface area contributed by atoms with E-state index in [1.807, 2.05) is 0 Å². The SMILES string of the molecule is Bc1c(C)c(C)cc(C)c1C.O.O. The Morgan fingerprint density at radius 2 is 1.15 bits per heavy atom. The summed E-state index contributed by atoms with van der Waals surface area (Å²) in [6.45, 7) is 8.73. The molecular weight excluding hydrogens is 163 g/mol. The molecule has 0 atom stereocenters. The van der Waals surface area contributed by atoms with E-state index in [0.29, 0.717) is 0 Å². The van der Waals surface area contributed by atoms with Gasteiger partial charge in [0.25, 0.3) is 0 Å². The number of aryl methyl sites for hydroxylation is 2. The van der Waals surface area contributed by atoms with Gasteiger partial charge in [0, 0.05) is 0 Å². The van der Waals surface area contributed by atoms with Crippen molar-refractivity contribution in [3.8, 4) is 0 Å². The van der Waals surface area contributed by atoms with Crippen molar-refractivity contribution in [1.29, 1.82) is 0 Å². The van der Waals surface area contributed by atoms with Gasteiger partial charge in [0.1, 0.15) is 7.85 Å². The fourth-order valence-electron chi connectivity index (χ4n) is 1.41. The fourth-order valence-corrected chi connectivity index (χ4v) is 1.41. The normalized spacial score (nSPS) is 8.62. The molecule has 1 aromatic rings. The van der Waals surface area contributed by atoms with Crippen molar-refractivity contribution >= 4 is 13.3 Å². The zero-order chi connectivity index (χ0) is 8.59. The molecule has 1 aromatic carbocycles. The molecule has 0 unspecified atom stereocenters. The van der Waals surface area contributed by atoms with Crippen LogP contribution < -0.4 is 5.46 Å². The molecule has 0 aromatic heterocycles. The van der Waals surface area contributed by atoms with Gasteiger partial charge in [0.15, 0.2) is 0 Å². The van der Waals surface area contributed by atoms with E-state index >= 15 is 0 Å². The molecule has 0 saturated heterocycles. The topological polar surface area (TPSA) is 63.0 Å². The summed E-state index contributed by atoms with van der Waals surface area (Å²) in [4.78, 5) is 0. The van der Waals surface area contributed by atoms with E-state index in [1.54, 1.807) is 0 Å². The smallest absolute Gasteiger partial charge is 0.140 e. The highest BCUT2D eigenvalue weighted by atomic mass is 16.0. The van der Waals surface area contributed by atoms with E-state index in [2.05, 4.69) is 41.6 Å². The second kappa shape index (κ2) is 5.05. The molecule has 4 N–H and O–H groups in total. The first-order valence-electron chi connectivity index (χ1n) is 4.08. The summed E-state index contributed by atoms with van der Waals surface area (Å²) >= 11 is 0. The van der Waals surface area contributed by atoms with Crippen LogP contribution in [0.4, 0.5) is 0 Å². The summed E-state index contributed by atoms with van der Waals surface area (Å²) in [6.07, 6.45) is 0. The van der Waals surface area contributed by atoms with Crippen LogP contribution in [0.5, 0.6) is 0 Å². The Kier molecular flexibility index (Phi) is 5.71. The van der Waals surface area contributed by atoms with E-state index in [0.717, 1.165) is 0 Å². The number of rotatable bonds is 0. The highest BCUT2D eigenvalue weighted by Gasteiger charge is 2.02. The Morgan fingerprint density at radius 3 is 1.46 bits per heavy atom. The molecular formula is C10H19BO2. The van der Waals surface area contributed by atoms with Crippen LogP contribution in [0, 0.1) is 27.7 Å². The van der Waals surface area contributed by atoms with Gasteiger partial charge in [-0.1, -0.05) is 22.7 Å². The van der Waals surface area contributed by atoms with Gasteiger partial charge in [0.2, 0.25) is 0 Å². The molecule has 0 aliphatic rings. The third-order valence-electron chi connectivity index (χ3n) is 2.74. The minimum absolute atomic E-state index is 0. The quantitative estimate of drug-likeness (QED) is 0.487. The molecule has 0 aliphatic heterocycles. The minimum atomic E-state index is 0. The summed E-state index contributed by atoms with van der Waals surface area (Å²) in [5.41, 5.74) is 7.14. The van der Waals surface area contributed by atoms with Gasteiger partial charge in [-0.3, -0.25) is 0 Å². The summed E-state index contributed by atoms with van der Waals surface area (Å²) < 4.78 is 0. The predicted octanol–water partition coefficient (Wildman–Crippen LogP) is -0.471. The maximum Gasteiger partial charge on any atom is 0.140 e. The molecule has 0 heterocycles. The number of benzene rings is 1. The molecule has 2 nitrogen and oxygen atoms in total. The van der Waals surface area contributed by atoms with Crippen LogP contribution in [0.15, 0.2) is 6.07 Å². The second-order valence-corrected chi connectivity index (χ2v) is 3.39. The molecule has 0 amide bonds. The Balaban J connectivity index is 0. The van der Waals surface area contributed by atoms with Crippen LogP contribution in [-0.2, 0) is 0 Å². The second-order valence-electron chi connectivity index (χ2n) is 3.39. The highest BCUT2D eigenvalue weighted by molar-refractivity contribution is 6.34. The van der Waals surface area contributed by atoms with E-state index in [-0.39, 0.29) is 11.0 Å². The van der Waals surface area contributed by atoms with Gasteiger partial charge in [0.05, 0.1) is 0 Å². The van der Waals surface area contributed by atoms with Crippen molar-refractivity contribution in [2.75, 3.05) is 0 Å². The van der Waals surface area contributed by atoms with Crippen molar-refractivity contribution in [1.82, 2.24) is 0 Å². The van der Waals surface area contributed by atoms with Crippen molar-refractivity contribution in [3.63, 3.8) is 0 Å². The van der Waals surface area contributed by atoms with E-state index in [9.17, 15) is 0 Å². The highest BCUT2D eigenvalue weighted by Crippen LogP contribution is 2.10. The first-order chi connectivity index (χ1) is 5.04. The van der Waals surface area contributed by atoms with Gasteiger partial charge in [-0.2, -0.15) is 0 Å². The number of hydrogen-bond acceptors (Lipinski definition) is 0. The summed E-state index contributed by atoms with van der Waals surface area (Å²) in [6, 6.07) is 2.26. The lowest BCUT2D eigenvalue weighted by molar-refractivity contribution is 0.823. The van der Waals surface area contributed by atoms with Crippen LogP contribution in [0.3, 0.4) is 0 Å². The Hall–Kier alpha value is -0.795. The minimum Gasteiger partial charge on any atom is -0.412 e. The Morgan fingerprint density at radius 1 is 0.846 bits per heavy atom. The van der Waals surface area contributed by atoms with Gasteiger partial charge in [-0.05, 0) is 38.8 Å². The third kappa shape index (κ3) is 2.57. The van der Waals surface area contributed by atoms with Crippen molar-refractivity contribution in [2.24, 2.45) is 0 Å². The Labute approximate surface area is 81.0 Å². The molecule has 0 radical (unpaired) electrons. The van der Waals surface area contributed by atoms with E-state index < -0.39 is 0 Å². The van der Waals surface area contributed by atoms with Crippen LogP contribution in [0.1, 0.15) is 22.3 Å². The zero-order valence-electron chi connectivity index (χ0n) is 9.08. The predicted molar refractivity (Wildman–Crippen MR) is 60.8 cm³/mol. The third-order valence-corrected chi connectivity index (χ3v) is 2.74. The van der Waals surface area contributed by atoms with E-state index in [1.165, 1.54) is 27.7 Å². The van der Waals surface area contributed by atoms with Gasteiger partial charge in [-0.25, -0.2) is 0 Å². The maximum atomic E-state index is 2.26. The van der Waals surface area contributed by atoms with Gasteiger partial charge < -0.3 is 11.0 Å². The first kappa shape index (κ1) is 14.7. The molecule has 13 heavy (non-hydrogen) atoms. The fraction of sp³-hybridized carbons (Fsp3) is 0.400. The molecule has 1 rings (SSSR count). The lowest BCUT2D eigenvalue weighted by Crippen LogP contribution is -2.14. The van der Waals surface area contributed by atoms with Crippen LogP contribution in [0.25, 0.3) is 0 Å². The summed E-state index contributed by atoms with van der Waals surface area (Å²) in [5.74, 6) is 0. The summed E-state index contributed by atoms with van der Waals surface area (Å²) in [7, 11) is 2.20. The maximum absolute atomic E-state index is 2.26. The Bertz CT molecular complexity index is 269. The lowest BCUT2D eigenvalue weighted by atomic mass is 9.83. The monoisotopic (exact) mass is 182 g/mol. The van der Waals surface area contributed by atoms with Crippen LogP contribution in [-0.4, -0.2) is 18.8 Å². The zero-order valence-corrected chi connectivity index (χ0v) is 9.08. The van der Waals surface area contributed by atoms with Gasteiger partial charge >= 0.3 is 0 Å². The van der Waals surface area contributed by atoms with Crippen LogP contribution in [0.2, 0.25) is 0 Å². The molecule has 3 heteroatoms. The average molecular weight is 182 g/mol.